The van der Waals surface area contributed by atoms with Crippen molar-refractivity contribution < 1.29 is 27.8 Å². The van der Waals surface area contributed by atoms with Gasteiger partial charge in [0.25, 0.3) is 11.8 Å². The van der Waals surface area contributed by atoms with Crippen LogP contribution in [-0.4, -0.2) is 189 Å². The molecule has 0 unspecified atom stereocenters. The number of nitrogens with two attached hydrogens (primary N) is 2. The number of alkyl halides is 2. The fourth-order valence-corrected chi connectivity index (χ4v) is 15.0. The second-order valence-corrected chi connectivity index (χ2v) is 28.1. The van der Waals surface area contributed by atoms with E-state index in [-0.39, 0.29) is 49.1 Å². The number of hydrogen-bond donors (Lipinski definition) is 6. The first kappa shape index (κ1) is 68.7. The molecule has 6 aromatic heterocycles. The molecule has 4 atom stereocenters. The lowest BCUT2D eigenvalue weighted by Gasteiger charge is -2.33. The number of amides is 2. The van der Waals surface area contributed by atoms with Crippen LogP contribution in [0.4, 0.5) is 43.9 Å². The molecular formula is C70H104F2N18O4. The van der Waals surface area contributed by atoms with E-state index in [2.05, 4.69) is 97.8 Å². The summed E-state index contributed by atoms with van der Waals surface area (Å²) in [5.41, 5.74) is 15.3. The van der Waals surface area contributed by atoms with Gasteiger partial charge in [-0.2, -0.15) is 9.97 Å². The third-order valence-corrected chi connectivity index (χ3v) is 20.8. The largest absolute Gasteiger partial charge is 0.378 e. The summed E-state index contributed by atoms with van der Waals surface area (Å²) in [6.45, 7) is 16.4. The maximum absolute atomic E-state index is 14.5. The van der Waals surface area contributed by atoms with Crippen molar-refractivity contribution in [3.63, 3.8) is 0 Å². The topological polar surface area (TPSA) is 253 Å². The highest BCUT2D eigenvalue weighted by molar-refractivity contribution is 6.08. The Hall–Kier alpha value is -6.70. The molecule has 0 spiro atoms. The van der Waals surface area contributed by atoms with Crippen LogP contribution < -0.4 is 42.5 Å². The summed E-state index contributed by atoms with van der Waals surface area (Å²) in [6, 6.07) is 8.92. The van der Waals surface area contributed by atoms with Crippen LogP contribution >= 0.6 is 0 Å². The van der Waals surface area contributed by atoms with Crippen molar-refractivity contribution in [3.05, 3.63) is 72.6 Å². The molecule has 0 radical (unpaired) electrons. The van der Waals surface area contributed by atoms with E-state index >= 15 is 0 Å². The highest BCUT2D eigenvalue weighted by atomic mass is 19.1. The first-order valence-electron chi connectivity index (χ1n) is 35.2. The van der Waals surface area contributed by atoms with Gasteiger partial charge in [0.1, 0.15) is 35.6 Å². The summed E-state index contributed by atoms with van der Waals surface area (Å²) >= 11 is 0. The molecule has 4 saturated heterocycles. The van der Waals surface area contributed by atoms with Crippen LogP contribution in [0.3, 0.4) is 0 Å². The Kier molecular flexibility index (Phi) is 23.6. The number of pyridine rings is 2. The van der Waals surface area contributed by atoms with Crippen molar-refractivity contribution >= 4 is 68.8 Å². The van der Waals surface area contributed by atoms with E-state index in [4.69, 9.17) is 20.9 Å². The van der Waals surface area contributed by atoms with E-state index in [1.807, 2.05) is 34.3 Å². The van der Waals surface area contributed by atoms with Crippen molar-refractivity contribution in [1.29, 1.82) is 0 Å². The number of carbonyl (C=O) groups excluding carboxylic acids is 2. The van der Waals surface area contributed by atoms with Gasteiger partial charge in [0.15, 0.2) is 0 Å². The van der Waals surface area contributed by atoms with E-state index in [9.17, 15) is 18.4 Å². The number of nitrogens with zero attached hydrogens (tertiary/aromatic N) is 12. The number of carbonyl (C=O) groups is 2. The number of fused-ring (bicyclic) bond motifs is 2. The van der Waals surface area contributed by atoms with Crippen LogP contribution in [-0.2, 0) is 9.47 Å². The van der Waals surface area contributed by atoms with E-state index < -0.39 is 24.6 Å². The first-order chi connectivity index (χ1) is 45.5. The summed E-state index contributed by atoms with van der Waals surface area (Å²) < 4.78 is 43.7. The third-order valence-electron chi connectivity index (χ3n) is 20.8. The van der Waals surface area contributed by atoms with Gasteiger partial charge < -0.3 is 70.9 Å². The highest BCUT2D eigenvalue weighted by Crippen LogP contribution is 2.33. The van der Waals surface area contributed by atoms with Gasteiger partial charge in [-0.25, -0.2) is 28.7 Å². The van der Waals surface area contributed by atoms with Crippen molar-refractivity contribution in [1.82, 2.24) is 59.5 Å². The molecule has 4 aliphatic heterocycles. The number of ether oxygens (including phenoxy) is 2. The van der Waals surface area contributed by atoms with Crippen LogP contribution in [0.25, 0.3) is 21.8 Å². The van der Waals surface area contributed by atoms with E-state index in [1.165, 1.54) is 77.0 Å². The monoisotopic (exact) mass is 1300 g/mol. The lowest BCUT2D eigenvalue weighted by atomic mass is 9.84. The van der Waals surface area contributed by atoms with Gasteiger partial charge in [0.2, 0.25) is 11.9 Å². The quantitative estimate of drug-likeness (QED) is 0.0370. The number of halogens is 2. The van der Waals surface area contributed by atoms with Crippen molar-refractivity contribution in [2.45, 2.75) is 204 Å². The number of hydrogen-bond acceptors (Lipinski definition) is 18. The van der Waals surface area contributed by atoms with Crippen LogP contribution in [0, 0.1) is 11.8 Å². The molecular weight excluding hydrogens is 1190 g/mol. The molecule has 6 aliphatic rings. The number of anilines is 6. The Morgan fingerprint density at radius 1 is 0.543 bits per heavy atom. The Labute approximate surface area is 553 Å². The van der Waals surface area contributed by atoms with E-state index in [1.54, 1.807) is 51.1 Å². The minimum Gasteiger partial charge on any atom is -0.378 e. The molecule has 22 nitrogen and oxygen atoms in total. The lowest BCUT2D eigenvalue weighted by Crippen LogP contribution is -2.46. The van der Waals surface area contributed by atoms with Crippen LogP contribution in [0.1, 0.15) is 176 Å². The molecule has 0 aromatic carbocycles. The normalized spacial score (nSPS) is 24.6. The van der Waals surface area contributed by atoms with Crippen molar-refractivity contribution in [2.75, 3.05) is 100 Å². The predicted molar refractivity (Wildman–Crippen MR) is 368 cm³/mol. The Morgan fingerprint density at radius 3 is 1.30 bits per heavy atom. The Balaban J connectivity index is 0.000000192. The van der Waals surface area contributed by atoms with Crippen molar-refractivity contribution in [2.24, 2.45) is 23.3 Å². The van der Waals surface area contributed by atoms with Gasteiger partial charge in [-0.05, 0) is 180 Å². The average molecular weight is 1300 g/mol. The summed E-state index contributed by atoms with van der Waals surface area (Å²) in [5.74, 6) is 4.88. The standard InChI is InChI=1S/2C35H52FN9O2/c2*1-23(2)45-21-28(34(46)40-26-11-16-43(17-12-26)15-4-5-24-6-8-25(37)9-7-24)27-20-39-33(19-30(27)45)41-32-10-14-38-35(42-32)44-18-13-31(47-3)29(36)22-44/h2*10,14,19-21,23-26,29,31H,4-9,11-13,15-18,22,37H2,1-3H3,(H,40,46)(H,38,39,41,42)/t2*24?,25?,29-,31+/m10/s1. The molecule has 8 N–H and O–H groups in total. The van der Waals surface area contributed by atoms with Gasteiger partial charge >= 0.3 is 0 Å². The Bertz CT molecular complexity index is 3190. The molecule has 512 valence electrons. The zero-order valence-corrected chi connectivity index (χ0v) is 56.4. The zero-order valence-electron chi connectivity index (χ0n) is 56.4. The number of rotatable bonds is 22. The zero-order chi connectivity index (χ0) is 65.8. The van der Waals surface area contributed by atoms with Gasteiger partial charge in [-0.3, -0.25) is 9.59 Å². The molecule has 6 fully saturated rings. The summed E-state index contributed by atoms with van der Waals surface area (Å²) in [7, 11) is 3.09. The lowest BCUT2D eigenvalue weighted by molar-refractivity contribution is 0.0194. The maximum Gasteiger partial charge on any atom is 0.253 e. The van der Waals surface area contributed by atoms with E-state index in [0.717, 1.165) is 98.6 Å². The molecule has 94 heavy (non-hydrogen) atoms. The second kappa shape index (κ2) is 32.4. The molecule has 6 aromatic rings. The van der Waals surface area contributed by atoms with Gasteiger partial charge in [-0.1, -0.05) is 0 Å². The van der Waals surface area contributed by atoms with Crippen molar-refractivity contribution in [3.8, 4) is 0 Å². The molecule has 2 amide bonds. The summed E-state index contributed by atoms with van der Waals surface area (Å²) in [6.07, 6.45) is 27.8. The first-order valence-corrected chi connectivity index (χ1v) is 35.2. The average Bonchev–Trinajstić information content (AvgIpc) is 1.63. The van der Waals surface area contributed by atoms with Gasteiger partial charge in [-0.15, -0.1) is 0 Å². The SMILES string of the molecule is CO[C@@H]1CCN(c2nccc(Nc3cc4c(cn3)c(C(=O)NC3CCN(CCCC5CCC(N)CC5)CC3)cn4C(C)C)n2)C[C@@H]1F.CO[C@H]1CCN(c2nccc(Nc3cc4c(cn3)c(C(=O)NC3CCN(CCCC5CCC(N)CC5)CC3)cn4C(C)C)n2)C[C@H]1F. The molecule has 0 bridgehead atoms. The molecule has 2 saturated carbocycles. The molecule has 2 aliphatic carbocycles. The molecule has 24 heteroatoms. The Morgan fingerprint density at radius 2 is 0.936 bits per heavy atom. The summed E-state index contributed by atoms with van der Waals surface area (Å²) in [4.78, 5) is 63.3. The molecule has 12 rings (SSSR count). The second-order valence-electron chi connectivity index (χ2n) is 28.1. The number of nitrogens with one attached hydrogen (secondary N) is 4. The third kappa shape index (κ3) is 17.7. The minimum absolute atomic E-state index is 0.0466. The van der Waals surface area contributed by atoms with E-state index in [0.29, 0.717) is 84.3 Å². The molecule has 10 heterocycles. The number of likely N-dealkylation sites (tertiary alicyclic amines) is 2. The fraction of sp³-hybridized carbons (Fsp3) is 0.657. The van der Waals surface area contributed by atoms with Crippen LogP contribution in [0.15, 0.2) is 61.4 Å². The van der Waals surface area contributed by atoms with Crippen LogP contribution in [0.2, 0.25) is 0 Å². The minimum atomic E-state index is -1.09. The highest BCUT2D eigenvalue weighted by Gasteiger charge is 2.33. The number of piperidine rings is 4. The predicted octanol–water partition coefficient (Wildman–Crippen LogP) is 10.4. The number of methoxy groups -OCH3 is 2. The van der Waals surface area contributed by atoms with Crippen LogP contribution in [0.5, 0.6) is 0 Å². The smallest absolute Gasteiger partial charge is 0.253 e. The summed E-state index contributed by atoms with van der Waals surface area (Å²) in [5, 5.41) is 14.9. The van der Waals surface area contributed by atoms with Gasteiger partial charge in [0.05, 0.1) is 47.5 Å². The fourth-order valence-electron chi connectivity index (χ4n) is 15.0. The number of aromatic nitrogens is 8. The maximum atomic E-state index is 14.5. The van der Waals surface area contributed by atoms with Gasteiger partial charge in [0, 0.05) is 150 Å².